The van der Waals surface area contributed by atoms with Crippen LogP contribution in [0.3, 0.4) is 0 Å². The van der Waals surface area contributed by atoms with Gasteiger partial charge in [0.05, 0.1) is 18.0 Å². The van der Waals surface area contributed by atoms with Crippen LogP contribution in [-0.2, 0) is 12.7 Å². The molecule has 0 bridgehead atoms. The third-order valence-corrected chi connectivity index (χ3v) is 2.45. The molecule has 0 aliphatic carbocycles. The molecule has 0 aliphatic heterocycles. The van der Waals surface area contributed by atoms with Crippen LogP contribution in [0, 0.1) is 0 Å². The molecule has 2 heterocycles. The first kappa shape index (κ1) is 13.7. The lowest BCUT2D eigenvalue weighted by Gasteiger charge is -2.09. The number of halogens is 4. The molecule has 102 valence electrons. The lowest BCUT2D eigenvalue weighted by Crippen LogP contribution is -2.05. The van der Waals surface area contributed by atoms with Crippen molar-refractivity contribution in [2.75, 3.05) is 0 Å². The van der Waals surface area contributed by atoms with Crippen molar-refractivity contribution in [2.24, 2.45) is 0 Å². The van der Waals surface area contributed by atoms with E-state index in [-0.39, 0.29) is 11.0 Å². The zero-order valence-corrected chi connectivity index (χ0v) is 10.5. The third kappa shape index (κ3) is 3.37. The fourth-order valence-electron chi connectivity index (χ4n) is 1.38. The molecule has 4 nitrogen and oxygen atoms in total. The molecule has 2 rings (SSSR count). The first-order valence-electron chi connectivity index (χ1n) is 5.33. The van der Waals surface area contributed by atoms with Gasteiger partial charge in [0.1, 0.15) is 5.15 Å². The number of aromatic nitrogens is 3. The maximum absolute atomic E-state index is 12.6. The largest absolute Gasteiger partial charge is 0.436 e. The smallest absolute Gasteiger partial charge is 0.416 e. The molecule has 0 saturated heterocycles. The fourth-order valence-corrected chi connectivity index (χ4v) is 1.58. The zero-order chi connectivity index (χ0) is 14.0. The van der Waals surface area contributed by atoms with Crippen molar-refractivity contribution in [2.45, 2.75) is 19.6 Å². The van der Waals surface area contributed by atoms with Gasteiger partial charge in [0.2, 0.25) is 5.88 Å². The number of hydrogen-bond acceptors (Lipinski definition) is 3. The Labute approximate surface area is 111 Å². The molecule has 0 aromatic carbocycles. The second-order valence-corrected chi connectivity index (χ2v) is 4.04. The predicted octanol–water partition coefficient (Wildman–Crippen LogP) is 3.76. The molecular formula is C11H9ClF3N3O. The highest BCUT2D eigenvalue weighted by Gasteiger charge is 2.31. The van der Waals surface area contributed by atoms with Crippen LogP contribution in [0.1, 0.15) is 12.5 Å². The van der Waals surface area contributed by atoms with Crippen LogP contribution in [0.25, 0.3) is 0 Å². The van der Waals surface area contributed by atoms with E-state index in [9.17, 15) is 13.2 Å². The van der Waals surface area contributed by atoms with Crippen molar-refractivity contribution < 1.29 is 17.9 Å². The van der Waals surface area contributed by atoms with Gasteiger partial charge in [-0.1, -0.05) is 11.6 Å². The van der Waals surface area contributed by atoms with Gasteiger partial charge in [0, 0.05) is 12.6 Å². The number of rotatable bonds is 3. The Kier molecular flexibility index (Phi) is 3.66. The van der Waals surface area contributed by atoms with E-state index in [0.717, 1.165) is 12.1 Å². The molecule has 0 fully saturated rings. The number of alkyl halides is 3. The van der Waals surface area contributed by atoms with Crippen molar-refractivity contribution in [3.05, 3.63) is 35.2 Å². The van der Waals surface area contributed by atoms with Gasteiger partial charge in [0.25, 0.3) is 0 Å². The van der Waals surface area contributed by atoms with E-state index in [2.05, 4.69) is 10.1 Å². The molecular weight excluding hydrogens is 283 g/mol. The van der Waals surface area contributed by atoms with Crippen LogP contribution in [0.2, 0.25) is 5.15 Å². The van der Waals surface area contributed by atoms with Crippen LogP contribution in [0.4, 0.5) is 13.2 Å². The summed E-state index contributed by atoms with van der Waals surface area (Å²) < 4.78 is 44.5. The average Bonchev–Trinajstić information content (AvgIpc) is 2.75. The van der Waals surface area contributed by atoms with Gasteiger partial charge in [-0.25, -0.2) is 4.98 Å². The van der Waals surface area contributed by atoms with Crippen LogP contribution in [0.5, 0.6) is 11.6 Å². The van der Waals surface area contributed by atoms with Crippen molar-refractivity contribution in [1.82, 2.24) is 14.8 Å². The van der Waals surface area contributed by atoms with Gasteiger partial charge in [-0.15, -0.1) is 0 Å². The highest BCUT2D eigenvalue weighted by Crippen LogP contribution is 2.33. The molecule has 0 aliphatic rings. The molecule has 0 N–H and O–H groups in total. The minimum atomic E-state index is -4.50. The summed E-state index contributed by atoms with van der Waals surface area (Å²) in [5, 5.41) is 3.65. The van der Waals surface area contributed by atoms with Gasteiger partial charge >= 0.3 is 6.18 Å². The van der Waals surface area contributed by atoms with E-state index >= 15 is 0 Å². The first-order valence-corrected chi connectivity index (χ1v) is 5.71. The fraction of sp³-hybridized carbons (Fsp3) is 0.273. The minimum Gasteiger partial charge on any atom is -0.436 e. The molecule has 0 unspecified atom stereocenters. The van der Waals surface area contributed by atoms with E-state index in [1.165, 1.54) is 6.20 Å². The van der Waals surface area contributed by atoms with Crippen LogP contribution in [0.15, 0.2) is 24.5 Å². The summed E-state index contributed by atoms with van der Waals surface area (Å²) in [5.41, 5.74) is -0.912. The molecule has 0 spiro atoms. The molecule has 19 heavy (non-hydrogen) atoms. The monoisotopic (exact) mass is 291 g/mol. The maximum atomic E-state index is 12.6. The quantitative estimate of drug-likeness (QED) is 0.808. The Morgan fingerprint density at radius 1 is 1.37 bits per heavy atom. The van der Waals surface area contributed by atoms with Crippen molar-refractivity contribution >= 4 is 11.6 Å². The molecule has 0 amide bonds. The summed E-state index contributed by atoms with van der Waals surface area (Å²) in [6, 6.07) is 1.53. The lowest BCUT2D eigenvalue weighted by atomic mass is 10.2. The summed E-state index contributed by atoms with van der Waals surface area (Å²) >= 11 is 5.54. The highest BCUT2D eigenvalue weighted by molar-refractivity contribution is 6.29. The molecule has 0 atom stereocenters. The van der Waals surface area contributed by atoms with E-state index in [1.807, 2.05) is 6.92 Å². The molecule has 2 aromatic rings. The van der Waals surface area contributed by atoms with Gasteiger partial charge in [0.15, 0.2) is 5.75 Å². The highest BCUT2D eigenvalue weighted by atomic mass is 35.5. The number of ether oxygens (including phenoxy) is 1. The van der Waals surface area contributed by atoms with Gasteiger partial charge < -0.3 is 4.74 Å². The first-order chi connectivity index (χ1) is 8.88. The maximum Gasteiger partial charge on any atom is 0.416 e. The topological polar surface area (TPSA) is 39.9 Å². The van der Waals surface area contributed by atoms with Crippen LogP contribution >= 0.6 is 11.6 Å². The minimum absolute atomic E-state index is 0.226. The lowest BCUT2D eigenvalue weighted by molar-refractivity contribution is -0.137. The zero-order valence-electron chi connectivity index (χ0n) is 9.78. The SMILES string of the molecule is CCn1cc(Oc2cc(C(F)(F)F)cc(Cl)n2)cn1. The predicted molar refractivity (Wildman–Crippen MR) is 62.2 cm³/mol. The van der Waals surface area contributed by atoms with Gasteiger partial charge in [-0.05, 0) is 13.0 Å². The Balaban J connectivity index is 2.27. The molecule has 0 radical (unpaired) electrons. The summed E-state index contributed by atoms with van der Waals surface area (Å²) in [6.45, 7) is 2.50. The standard InChI is InChI=1S/C11H9ClF3N3O/c1-2-18-6-8(5-16-18)19-10-4-7(11(13,14)15)3-9(12)17-10/h3-6H,2H2,1H3. The Morgan fingerprint density at radius 2 is 2.11 bits per heavy atom. The number of aryl methyl sites for hydroxylation is 1. The van der Waals surface area contributed by atoms with Gasteiger partial charge in [-0.3, -0.25) is 4.68 Å². The number of hydrogen-bond donors (Lipinski definition) is 0. The molecule has 8 heteroatoms. The average molecular weight is 292 g/mol. The Hall–Kier alpha value is -1.76. The third-order valence-electron chi connectivity index (χ3n) is 2.25. The van der Waals surface area contributed by atoms with E-state index in [1.54, 1.807) is 10.9 Å². The molecule has 2 aromatic heterocycles. The van der Waals surface area contributed by atoms with Crippen molar-refractivity contribution in [1.29, 1.82) is 0 Å². The van der Waals surface area contributed by atoms with E-state index in [4.69, 9.17) is 16.3 Å². The summed E-state index contributed by atoms with van der Waals surface area (Å²) in [6.07, 6.45) is -1.56. The van der Waals surface area contributed by atoms with E-state index < -0.39 is 11.7 Å². The second-order valence-electron chi connectivity index (χ2n) is 3.65. The van der Waals surface area contributed by atoms with Crippen LogP contribution < -0.4 is 4.74 Å². The number of nitrogens with zero attached hydrogens (tertiary/aromatic N) is 3. The normalized spacial score (nSPS) is 11.6. The summed E-state index contributed by atoms with van der Waals surface area (Å²) in [5.74, 6) is 0.0696. The van der Waals surface area contributed by atoms with Crippen LogP contribution in [-0.4, -0.2) is 14.8 Å². The summed E-state index contributed by atoms with van der Waals surface area (Å²) in [7, 11) is 0. The van der Waals surface area contributed by atoms with Gasteiger partial charge in [-0.2, -0.15) is 18.3 Å². The number of pyridine rings is 1. The Morgan fingerprint density at radius 3 is 2.68 bits per heavy atom. The van der Waals surface area contributed by atoms with E-state index in [0.29, 0.717) is 12.3 Å². The Bertz CT molecular complexity index is 583. The molecule has 0 saturated carbocycles. The van der Waals surface area contributed by atoms with Crippen molar-refractivity contribution in [3.63, 3.8) is 0 Å². The summed E-state index contributed by atoms with van der Waals surface area (Å²) in [4.78, 5) is 3.68. The second kappa shape index (κ2) is 5.08. The van der Waals surface area contributed by atoms with Crippen molar-refractivity contribution in [3.8, 4) is 11.6 Å².